The van der Waals surface area contributed by atoms with Crippen LogP contribution in [-0.2, 0) is 21.7 Å². The summed E-state index contributed by atoms with van der Waals surface area (Å²) < 4.78 is 39.3. The molecule has 4 rings (SSSR count). The summed E-state index contributed by atoms with van der Waals surface area (Å²) in [6, 6.07) is 7.98. The second kappa shape index (κ2) is 9.38. The summed E-state index contributed by atoms with van der Waals surface area (Å²) in [4.78, 5) is 24.9. The van der Waals surface area contributed by atoms with Gasteiger partial charge in [-0.15, -0.1) is 10.2 Å². The smallest absolute Gasteiger partial charge is 0.490 e. The third kappa shape index (κ3) is 5.27. The maximum absolute atomic E-state index is 11.8. The van der Waals surface area contributed by atoms with Gasteiger partial charge >= 0.3 is 12.1 Å². The molecule has 1 spiro atoms. The van der Waals surface area contributed by atoms with Crippen LogP contribution in [-0.4, -0.2) is 81.5 Å². The van der Waals surface area contributed by atoms with Crippen molar-refractivity contribution in [1.29, 1.82) is 0 Å². The van der Waals surface area contributed by atoms with Gasteiger partial charge < -0.3 is 19.3 Å². The molecule has 1 saturated heterocycles. The fourth-order valence-electron chi connectivity index (χ4n) is 4.33. The Labute approximate surface area is 188 Å². The van der Waals surface area contributed by atoms with Crippen LogP contribution in [0, 0.1) is 0 Å². The van der Waals surface area contributed by atoms with E-state index in [0.717, 1.165) is 62.0 Å². The van der Waals surface area contributed by atoms with Gasteiger partial charge in [-0.1, -0.05) is 0 Å². The quantitative estimate of drug-likeness (QED) is 0.721. The van der Waals surface area contributed by atoms with Gasteiger partial charge in [0.15, 0.2) is 5.82 Å². The van der Waals surface area contributed by atoms with Gasteiger partial charge in [-0.3, -0.25) is 9.69 Å². The van der Waals surface area contributed by atoms with Gasteiger partial charge in [-0.2, -0.15) is 13.2 Å². The predicted molar refractivity (Wildman–Crippen MR) is 111 cm³/mol. The molecule has 2 aliphatic rings. The third-order valence-electron chi connectivity index (χ3n) is 5.91. The molecule has 0 radical (unpaired) electrons. The Morgan fingerprint density at radius 3 is 2.18 bits per heavy atom. The number of piperidine rings is 1. The average Bonchev–Trinajstić information content (AvgIpc) is 3.18. The van der Waals surface area contributed by atoms with E-state index in [-0.39, 0.29) is 11.4 Å². The zero-order valence-corrected chi connectivity index (χ0v) is 18.6. The molecule has 1 amide bonds. The number of carbonyl (C=O) groups is 2. The summed E-state index contributed by atoms with van der Waals surface area (Å²) in [5.41, 5.74) is 0.982. The van der Waals surface area contributed by atoms with E-state index < -0.39 is 12.1 Å². The number of alkyl halides is 3. The molecule has 33 heavy (non-hydrogen) atoms. The lowest BCUT2D eigenvalue weighted by atomic mass is 9.84. The largest absolute Gasteiger partial charge is 0.497 e. The van der Waals surface area contributed by atoms with E-state index in [0.29, 0.717) is 0 Å². The highest BCUT2D eigenvalue weighted by molar-refractivity contribution is 5.73. The number of likely N-dealkylation sites (N-methyl/N-ethyl adjacent to an activating group) is 1. The normalized spacial score (nSPS) is 17.7. The van der Waals surface area contributed by atoms with Gasteiger partial charge in [0.25, 0.3) is 0 Å². The Kier molecular flexibility index (Phi) is 6.96. The molecule has 9 nitrogen and oxygen atoms in total. The molecule has 2 aliphatic heterocycles. The zero-order valence-electron chi connectivity index (χ0n) is 18.6. The molecule has 0 saturated carbocycles. The van der Waals surface area contributed by atoms with Gasteiger partial charge in [0.05, 0.1) is 19.2 Å². The molecular formula is C21H26F3N5O4. The summed E-state index contributed by atoms with van der Waals surface area (Å²) in [6.07, 6.45) is -3.24. The Morgan fingerprint density at radius 1 is 1.12 bits per heavy atom. The van der Waals surface area contributed by atoms with Gasteiger partial charge in [-0.25, -0.2) is 4.79 Å². The number of carboxylic acid groups (broad SMARTS) is 1. The number of rotatable bonds is 2. The SMILES string of the molecule is COc1ccc(-c2nnc3n2C2(CCN(C(C)=O)CC2)CN(C)C3)cc1.O=C(O)C(F)(F)F. The number of hydrogen-bond donors (Lipinski definition) is 1. The van der Waals surface area contributed by atoms with E-state index in [2.05, 4.69) is 26.7 Å². The summed E-state index contributed by atoms with van der Waals surface area (Å²) in [5.74, 6) is 0.139. The average molecular weight is 469 g/mol. The standard InChI is InChI=1S/C19H25N5O2.C2HF3O2/c1-14(25)23-10-8-19(9-11-23)13-22(2)12-17-20-21-18(24(17)19)15-4-6-16(26-3)7-5-15;3-2(4,5)1(6)7/h4-7H,8-13H2,1-3H3;(H,6,7). The van der Waals surface area contributed by atoms with Crippen LogP contribution in [0.4, 0.5) is 13.2 Å². The lowest BCUT2D eigenvalue weighted by molar-refractivity contribution is -0.192. The van der Waals surface area contributed by atoms with Crippen molar-refractivity contribution in [3.8, 4) is 17.1 Å². The van der Waals surface area contributed by atoms with Crippen molar-refractivity contribution >= 4 is 11.9 Å². The zero-order chi connectivity index (χ0) is 24.4. The van der Waals surface area contributed by atoms with Gasteiger partial charge in [-0.05, 0) is 44.2 Å². The summed E-state index contributed by atoms with van der Waals surface area (Å²) in [7, 11) is 3.80. The lowest BCUT2D eigenvalue weighted by Gasteiger charge is -2.48. The van der Waals surface area contributed by atoms with Crippen molar-refractivity contribution in [1.82, 2.24) is 24.6 Å². The molecule has 0 bridgehead atoms. The summed E-state index contributed by atoms with van der Waals surface area (Å²) in [6.45, 7) is 4.96. The number of carbonyl (C=O) groups excluding carboxylic acids is 1. The Hall–Kier alpha value is -3.15. The molecule has 1 aromatic carbocycles. The van der Waals surface area contributed by atoms with Crippen molar-refractivity contribution in [3.05, 3.63) is 30.1 Å². The molecule has 2 aromatic rings. The Balaban J connectivity index is 0.000000383. The number of fused-ring (bicyclic) bond motifs is 2. The minimum Gasteiger partial charge on any atom is -0.497 e. The van der Waals surface area contributed by atoms with Crippen LogP contribution in [0.2, 0.25) is 0 Å². The van der Waals surface area contributed by atoms with Crippen LogP contribution >= 0.6 is 0 Å². The molecular weight excluding hydrogens is 443 g/mol. The number of carboxylic acids is 1. The van der Waals surface area contributed by atoms with Crippen LogP contribution in [0.1, 0.15) is 25.6 Å². The third-order valence-corrected chi connectivity index (χ3v) is 5.91. The van der Waals surface area contributed by atoms with Crippen molar-refractivity contribution < 1.29 is 32.6 Å². The van der Waals surface area contributed by atoms with Crippen LogP contribution in [0.15, 0.2) is 24.3 Å². The second-order valence-electron chi connectivity index (χ2n) is 8.21. The first-order chi connectivity index (χ1) is 15.5. The van der Waals surface area contributed by atoms with E-state index >= 15 is 0 Å². The first kappa shape index (κ1) is 24.5. The number of nitrogens with zero attached hydrogens (tertiary/aromatic N) is 5. The van der Waals surface area contributed by atoms with Crippen LogP contribution in [0.25, 0.3) is 11.4 Å². The Morgan fingerprint density at radius 2 is 1.70 bits per heavy atom. The molecule has 180 valence electrons. The van der Waals surface area contributed by atoms with E-state index in [1.807, 2.05) is 29.2 Å². The number of likely N-dealkylation sites (tertiary alicyclic amines) is 1. The lowest BCUT2D eigenvalue weighted by Crippen LogP contribution is -2.55. The summed E-state index contributed by atoms with van der Waals surface area (Å²) in [5, 5.41) is 16.1. The topological polar surface area (TPSA) is 101 Å². The van der Waals surface area contributed by atoms with Gasteiger partial charge in [0.2, 0.25) is 5.91 Å². The maximum Gasteiger partial charge on any atom is 0.490 e. The minimum absolute atomic E-state index is 0.0625. The number of aliphatic carboxylic acids is 1. The van der Waals surface area contributed by atoms with Gasteiger partial charge in [0, 0.05) is 32.1 Å². The number of halogens is 3. The first-order valence-electron chi connectivity index (χ1n) is 10.3. The van der Waals surface area contributed by atoms with E-state index in [4.69, 9.17) is 14.6 Å². The van der Waals surface area contributed by atoms with Gasteiger partial charge in [0.1, 0.15) is 11.6 Å². The number of hydrogen-bond acceptors (Lipinski definition) is 6. The van der Waals surface area contributed by atoms with Crippen molar-refractivity contribution in [3.63, 3.8) is 0 Å². The molecule has 12 heteroatoms. The van der Waals surface area contributed by atoms with Crippen LogP contribution in [0.5, 0.6) is 5.75 Å². The molecule has 1 fully saturated rings. The second-order valence-corrected chi connectivity index (χ2v) is 8.21. The number of amides is 1. The maximum atomic E-state index is 11.8. The number of benzene rings is 1. The molecule has 0 atom stereocenters. The Bertz CT molecular complexity index is 998. The van der Waals surface area contributed by atoms with E-state index in [1.54, 1.807) is 14.0 Å². The van der Waals surface area contributed by atoms with E-state index in [9.17, 15) is 18.0 Å². The molecule has 1 aromatic heterocycles. The number of methoxy groups -OCH3 is 1. The molecule has 1 N–H and O–H groups in total. The minimum atomic E-state index is -5.08. The highest BCUT2D eigenvalue weighted by Crippen LogP contribution is 2.39. The van der Waals surface area contributed by atoms with Crippen LogP contribution in [0.3, 0.4) is 0 Å². The monoisotopic (exact) mass is 469 g/mol. The van der Waals surface area contributed by atoms with Crippen molar-refractivity contribution in [2.24, 2.45) is 0 Å². The highest BCUT2D eigenvalue weighted by Gasteiger charge is 2.44. The van der Waals surface area contributed by atoms with Crippen LogP contribution < -0.4 is 4.74 Å². The molecule has 0 aliphatic carbocycles. The highest BCUT2D eigenvalue weighted by atomic mass is 19.4. The fraction of sp³-hybridized carbons (Fsp3) is 0.524. The predicted octanol–water partition coefficient (Wildman–Crippen LogP) is 2.37. The number of ether oxygens (including phenoxy) is 1. The summed E-state index contributed by atoms with van der Waals surface area (Å²) >= 11 is 0. The first-order valence-corrected chi connectivity index (χ1v) is 10.3. The molecule has 3 heterocycles. The number of aromatic nitrogens is 3. The molecule has 0 unspecified atom stereocenters. The van der Waals surface area contributed by atoms with E-state index in [1.165, 1.54) is 0 Å². The van der Waals surface area contributed by atoms with Crippen molar-refractivity contribution in [2.75, 3.05) is 33.8 Å². The fourth-order valence-corrected chi connectivity index (χ4v) is 4.33. The van der Waals surface area contributed by atoms with Crippen molar-refractivity contribution in [2.45, 2.75) is 38.0 Å².